The monoisotopic (exact) mass is 1220 g/mol. The Morgan fingerprint density at radius 3 is 1.27 bits per heavy atom. The molecule has 1 saturated heterocycles. The molecule has 24 nitrogen and oxygen atoms in total. The van der Waals surface area contributed by atoms with E-state index >= 15 is 9.59 Å². The molecule has 1 aliphatic rings. The first-order valence-electron chi connectivity index (χ1n) is 30.6. The molecule has 0 aliphatic carbocycles. The Labute approximate surface area is 513 Å². The smallest absolute Gasteiger partial charge is 0.248 e. The second-order valence-electron chi connectivity index (χ2n) is 26.4. The molecule has 492 valence electrons. The molecule has 1 unspecified atom stereocenters. The van der Waals surface area contributed by atoms with E-state index < -0.39 is 162 Å². The van der Waals surface area contributed by atoms with Crippen molar-refractivity contribution < 1.29 is 63.0 Å². The summed E-state index contributed by atoms with van der Waals surface area (Å²) < 4.78 is 0. The number of aliphatic hydroxyl groups is 2. The molecule has 0 aromatic rings. The summed E-state index contributed by atoms with van der Waals surface area (Å²) in [5.41, 5.74) is 0. The predicted molar refractivity (Wildman–Crippen MR) is 330 cm³/mol. The molecular formula is C62H111N11O13. The quantitative estimate of drug-likeness (QED) is 0.129. The van der Waals surface area contributed by atoms with Gasteiger partial charge in [-0.2, -0.15) is 0 Å². The van der Waals surface area contributed by atoms with Crippen molar-refractivity contribution in [2.75, 3.05) is 55.9 Å². The maximum absolute atomic E-state index is 15.1. The molecule has 1 fully saturated rings. The minimum absolute atomic E-state index is 0.113. The third-order valence-corrected chi connectivity index (χ3v) is 16.1. The van der Waals surface area contributed by atoms with Crippen LogP contribution < -0.4 is 21.3 Å². The fraction of sp³-hybridized carbons (Fsp3) is 0.790. The SMILES string of the molecule is C/C=C/C[C@H](C)[C@@H](O)[C@@H]1C(=O)NC([C@@H](C)O)C(=O)N(C)CC(=O)N(C)[C@@H](CC(C)C)C(=O)N[C@@H](C(C)C)C(=O)N(C)[C@@H](CC(C)C)C(=O)N[C@@H](C)C(=O)N[C@H](C)C(=O)N(C)[C@@H](CC(C)C)C(=O)N(C)[C@@H](CC(C)C)C(=O)N(C)[C@@H](C(C)C)C(=O)N1C. The van der Waals surface area contributed by atoms with Gasteiger partial charge < -0.3 is 65.8 Å². The topological polar surface area (TPSA) is 299 Å². The molecule has 0 bridgehead atoms. The first-order valence-corrected chi connectivity index (χ1v) is 30.6. The molecule has 24 heteroatoms. The average Bonchev–Trinajstić information content (AvgIpc) is 2.16. The number of amides is 11. The van der Waals surface area contributed by atoms with Crippen LogP contribution in [0.3, 0.4) is 0 Å². The highest BCUT2D eigenvalue weighted by Crippen LogP contribution is 2.26. The minimum atomic E-state index is -1.74. The van der Waals surface area contributed by atoms with Crippen molar-refractivity contribution in [2.45, 2.75) is 222 Å². The number of aliphatic hydroxyl groups excluding tert-OH is 2. The van der Waals surface area contributed by atoms with Crippen molar-refractivity contribution in [3.63, 3.8) is 0 Å². The van der Waals surface area contributed by atoms with Crippen LogP contribution in [0.25, 0.3) is 0 Å². The van der Waals surface area contributed by atoms with E-state index in [1.165, 1.54) is 89.7 Å². The number of allylic oxidation sites excluding steroid dienone is 2. The molecule has 0 saturated carbocycles. The molecule has 13 atom stereocenters. The Morgan fingerprint density at radius 1 is 0.430 bits per heavy atom. The molecular weight excluding hydrogens is 1110 g/mol. The number of hydrogen-bond donors (Lipinski definition) is 6. The summed E-state index contributed by atoms with van der Waals surface area (Å²) in [5.74, 6) is -10.7. The molecule has 0 aromatic carbocycles. The summed E-state index contributed by atoms with van der Waals surface area (Å²) in [5, 5.41) is 34.0. The summed E-state index contributed by atoms with van der Waals surface area (Å²) in [4.78, 5) is 168. The molecule has 86 heavy (non-hydrogen) atoms. The number of hydrogen-bond acceptors (Lipinski definition) is 13. The molecule has 0 radical (unpaired) electrons. The zero-order valence-corrected chi connectivity index (χ0v) is 56.4. The lowest BCUT2D eigenvalue weighted by molar-refractivity contribution is -0.157. The van der Waals surface area contributed by atoms with Crippen LogP contribution in [-0.4, -0.2) is 238 Å². The highest BCUT2D eigenvalue weighted by atomic mass is 16.3. The second kappa shape index (κ2) is 35.0. The number of likely N-dealkylation sites (N-methyl/N-ethyl adjacent to an activating group) is 7. The van der Waals surface area contributed by atoms with E-state index in [-0.39, 0.29) is 55.8 Å². The number of carbonyl (C=O) groups is 11. The molecule has 11 amide bonds. The van der Waals surface area contributed by atoms with Crippen LogP contribution in [0, 0.1) is 41.4 Å². The third-order valence-electron chi connectivity index (χ3n) is 16.1. The van der Waals surface area contributed by atoms with Gasteiger partial charge in [0.1, 0.15) is 60.4 Å². The van der Waals surface area contributed by atoms with E-state index in [1.54, 1.807) is 53.7 Å². The van der Waals surface area contributed by atoms with E-state index in [4.69, 9.17) is 0 Å². The molecule has 1 heterocycles. The van der Waals surface area contributed by atoms with E-state index in [1.807, 2.05) is 55.4 Å². The van der Waals surface area contributed by atoms with Crippen molar-refractivity contribution >= 4 is 65.0 Å². The molecule has 0 aromatic heterocycles. The fourth-order valence-corrected chi connectivity index (χ4v) is 10.7. The summed E-state index contributed by atoms with van der Waals surface area (Å²) in [7, 11) is 9.62. The summed E-state index contributed by atoms with van der Waals surface area (Å²) >= 11 is 0. The van der Waals surface area contributed by atoms with Crippen LogP contribution >= 0.6 is 0 Å². The van der Waals surface area contributed by atoms with Gasteiger partial charge in [0.25, 0.3) is 0 Å². The zero-order chi connectivity index (χ0) is 66.8. The van der Waals surface area contributed by atoms with Crippen molar-refractivity contribution in [2.24, 2.45) is 41.4 Å². The van der Waals surface area contributed by atoms with Gasteiger partial charge in [0.05, 0.1) is 18.8 Å². The largest absolute Gasteiger partial charge is 0.391 e. The number of nitrogens with zero attached hydrogens (tertiary/aromatic N) is 7. The van der Waals surface area contributed by atoms with Gasteiger partial charge in [-0.05, 0) is 101 Å². The summed E-state index contributed by atoms with van der Waals surface area (Å²) in [6.07, 6.45) is 1.10. The van der Waals surface area contributed by atoms with Crippen molar-refractivity contribution in [3.05, 3.63) is 12.2 Å². The van der Waals surface area contributed by atoms with E-state index in [9.17, 15) is 53.4 Å². The first-order chi connectivity index (χ1) is 39.6. The lowest BCUT2D eigenvalue weighted by Gasteiger charge is -2.41. The zero-order valence-electron chi connectivity index (χ0n) is 56.4. The van der Waals surface area contributed by atoms with Gasteiger partial charge in [-0.3, -0.25) is 52.7 Å². The Hall–Kier alpha value is -6.17. The highest BCUT2D eigenvalue weighted by Gasteiger charge is 2.46. The van der Waals surface area contributed by atoms with Gasteiger partial charge in [0.2, 0.25) is 65.0 Å². The van der Waals surface area contributed by atoms with Crippen LogP contribution in [0.5, 0.6) is 0 Å². The number of rotatable bonds is 15. The van der Waals surface area contributed by atoms with E-state index in [0.717, 1.165) is 14.7 Å². The van der Waals surface area contributed by atoms with Crippen LogP contribution in [-0.2, 0) is 52.7 Å². The van der Waals surface area contributed by atoms with Crippen LogP contribution in [0.4, 0.5) is 0 Å². The Morgan fingerprint density at radius 2 is 0.826 bits per heavy atom. The maximum atomic E-state index is 15.1. The highest BCUT2D eigenvalue weighted by molar-refractivity contribution is 5.99. The lowest BCUT2D eigenvalue weighted by Crippen LogP contribution is -2.64. The first kappa shape index (κ1) is 77.8. The lowest BCUT2D eigenvalue weighted by atomic mass is 9.91. The molecule has 1 aliphatic heterocycles. The Kier molecular flexibility index (Phi) is 31.7. The fourth-order valence-electron chi connectivity index (χ4n) is 10.7. The van der Waals surface area contributed by atoms with Crippen molar-refractivity contribution in [1.82, 2.24) is 55.6 Å². The van der Waals surface area contributed by atoms with Crippen LogP contribution in [0.1, 0.15) is 150 Å². The maximum Gasteiger partial charge on any atom is 0.248 e. The van der Waals surface area contributed by atoms with Gasteiger partial charge in [0, 0.05) is 49.3 Å². The Bertz CT molecular complexity index is 2360. The molecule has 6 N–H and O–H groups in total. The number of nitrogens with one attached hydrogen (secondary N) is 4. The van der Waals surface area contributed by atoms with Crippen molar-refractivity contribution in [3.8, 4) is 0 Å². The third kappa shape index (κ3) is 21.6. The van der Waals surface area contributed by atoms with Gasteiger partial charge in [-0.1, -0.05) is 102 Å². The van der Waals surface area contributed by atoms with Gasteiger partial charge >= 0.3 is 0 Å². The predicted octanol–water partition coefficient (Wildman–Crippen LogP) is 2.24. The van der Waals surface area contributed by atoms with E-state index in [0.29, 0.717) is 0 Å². The Balaban J connectivity index is 4.37. The normalized spacial score (nSPS) is 27.1. The van der Waals surface area contributed by atoms with Crippen LogP contribution in [0.15, 0.2) is 12.2 Å². The summed E-state index contributed by atoms with van der Waals surface area (Å²) in [6, 6.07) is -13.2. The number of carbonyl (C=O) groups excluding carboxylic acids is 11. The minimum Gasteiger partial charge on any atom is -0.391 e. The van der Waals surface area contributed by atoms with Crippen molar-refractivity contribution in [1.29, 1.82) is 0 Å². The van der Waals surface area contributed by atoms with E-state index in [2.05, 4.69) is 21.3 Å². The van der Waals surface area contributed by atoms with Gasteiger partial charge in [-0.25, -0.2) is 0 Å². The van der Waals surface area contributed by atoms with Gasteiger partial charge in [0.15, 0.2) is 0 Å². The average molecular weight is 1220 g/mol. The standard InChI is InChI=1S/C62H111N11O13/c1-25-26-27-39(14)52(76)51-56(80)66-49(42(17)74)60(84)67(18)32-47(75)68(19)43(28-33(2)3)55(79)65-48(37(10)11)61(85)69(20)44(29-34(4)5)54(78)63-40(15)53(77)64-41(16)57(81)70(21)45(30-35(6)7)58(82)71(22)46(31-36(8)9)59(83)72(23)50(38(12)13)62(86)73(51)24/h25-26,33-46,48-52,74,76H,27-32H2,1-24H3,(H,63,78)(H,64,77)(H,65,79)(H,66,80)/b26-25+/t39-,40-,41+,42+,43-,44-,45-,46-,48-,49?,50-,51+,52+/m0/s1. The van der Waals surface area contributed by atoms with Gasteiger partial charge in [-0.15, -0.1) is 0 Å². The molecule has 1 rings (SSSR count). The molecule has 0 spiro atoms. The van der Waals surface area contributed by atoms with Crippen LogP contribution in [0.2, 0.25) is 0 Å². The second-order valence-corrected chi connectivity index (χ2v) is 26.4. The summed E-state index contributed by atoms with van der Waals surface area (Å²) in [6.45, 7) is 28.5.